The Labute approximate surface area is 102 Å². The molecule has 1 aliphatic rings. The van der Waals surface area contributed by atoms with E-state index in [1.54, 1.807) is 0 Å². The van der Waals surface area contributed by atoms with Crippen LogP contribution in [0.5, 0.6) is 0 Å². The lowest BCUT2D eigenvalue weighted by molar-refractivity contribution is 0.286. The van der Waals surface area contributed by atoms with Crippen molar-refractivity contribution in [3.05, 3.63) is 30.5 Å². The smallest absolute Gasteiger partial charge is 0.0455 e. The normalized spacial score (nSPS) is 17.9. The number of hydrogen-bond acceptors (Lipinski definition) is 1. The van der Waals surface area contributed by atoms with Crippen molar-refractivity contribution in [3.63, 3.8) is 0 Å². The number of aromatic amines is 1. The summed E-state index contributed by atoms with van der Waals surface area (Å²) >= 11 is 0. The van der Waals surface area contributed by atoms with Gasteiger partial charge in [0, 0.05) is 28.8 Å². The summed E-state index contributed by atoms with van der Waals surface area (Å²) < 4.78 is 0. The van der Waals surface area contributed by atoms with E-state index in [2.05, 4.69) is 41.5 Å². The monoisotopic (exact) mass is 228 g/mol. The zero-order chi connectivity index (χ0) is 11.7. The third-order valence-electron chi connectivity index (χ3n) is 3.88. The molecule has 0 saturated heterocycles. The zero-order valence-electron chi connectivity index (χ0n) is 10.4. The van der Waals surface area contributed by atoms with Crippen molar-refractivity contribution in [2.75, 3.05) is 5.32 Å². The third-order valence-corrected chi connectivity index (χ3v) is 3.88. The van der Waals surface area contributed by atoms with Gasteiger partial charge < -0.3 is 10.3 Å². The molecular weight excluding hydrogens is 208 g/mol. The lowest BCUT2D eigenvalue weighted by atomic mass is 9.81. The first-order chi connectivity index (χ1) is 8.31. The number of fused-ring (bicyclic) bond motifs is 1. The quantitative estimate of drug-likeness (QED) is 0.808. The van der Waals surface area contributed by atoms with Crippen LogP contribution in [0.2, 0.25) is 0 Å². The van der Waals surface area contributed by atoms with Crippen molar-refractivity contribution < 1.29 is 0 Å². The van der Waals surface area contributed by atoms with Crippen molar-refractivity contribution in [1.29, 1.82) is 0 Å². The Morgan fingerprint density at radius 3 is 3.00 bits per heavy atom. The summed E-state index contributed by atoms with van der Waals surface area (Å²) in [7, 11) is 0. The first-order valence-corrected chi connectivity index (χ1v) is 6.65. The minimum absolute atomic E-state index is 0.580. The van der Waals surface area contributed by atoms with Gasteiger partial charge in [-0.25, -0.2) is 0 Å². The van der Waals surface area contributed by atoms with Gasteiger partial charge in [-0.05, 0) is 43.5 Å². The highest BCUT2D eigenvalue weighted by Crippen LogP contribution is 2.31. The number of aromatic nitrogens is 1. The molecule has 1 unspecified atom stereocenters. The highest BCUT2D eigenvalue weighted by Gasteiger charge is 2.19. The molecule has 1 aliphatic carbocycles. The van der Waals surface area contributed by atoms with Gasteiger partial charge in [0.15, 0.2) is 0 Å². The Bertz CT molecular complexity index is 496. The van der Waals surface area contributed by atoms with Gasteiger partial charge in [0.2, 0.25) is 0 Å². The van der Waals surface area contributed by atoms with E-state index in [-0.39, 0.29) is 0 Å². The largest absolute Gasteiger partial charge is 0.383 e. The summed E-state index contributed by atoms with van der Waals surface area (Å²) in [6.45, 7) is 2.29. The van der Waals surface area contributed by atoms with Crippen LogP contribution in [-0.2, 0) is 0 Å². The average Bonchev–Trinajstić information content (AvgIpc) is 2.71. The first-order valence-electron chi connectivity index (χ1n) is 6.65. The van der Waals surface area contributed by atoms with Crippen LogP contribution in [0.15, 0.2) is 30.5 Å². The average molecular weight is 228 g/mol. The minimum Gasteiger partial charge on any atom is -0.383 e. The van der Waals surface area contributed by atoms with Crippen LogP contribution in [0, 0.1) is 5.92 Å². The predicted molar refractivity (Wildman–Crippen MR) is 73.3 cm³/mol. The van der Waals surface area contributed by atoms with Gasteiger partial charge in [-0.3, -0.25) is 0 Å². The summed E-state index contributed by atoms with van der Waals surface area (Å²) in [6.07, 6.45) is 7.61. The molecular formula is C15H20N2. The Morgan fingerprint density at radius 1 is 1.35 bits per heavy atom. The van der Waals surface area contributed by atoms with Gasteiger partial charge in [0.25, 0.3) is 0 Å². The predicted octanol–water partition coefficient (Wildman–Crippen LogP) is 4.16. The second-order valence-corrected chi connectivity index (χ2v) is 5.36. The van der Waals surface area contributed by atoms with Crippen LogP contribution in [-0.4, -0.2) is 11.0 Å². The Morgan fingerprint density at radius 2 is 2.24 bits per heavy atom. The number of nitrogens with one attached hydrogen (secondary N) is 2. The summed E-state index contributed by atoms with van der Waals surface area (Å²) in [4.78, 5) is 3.22. The van der Waals surface area contributed by atoms with Gasteiger partial charge >= 0.3 is 0 Å². The number of H-pyrrole nitrogens is 1. The molecule has 0 amide bonds. The minimum atomic E-state index is 0.580. The van der Waals surface area contributed by atoms with E-state index >= 15 is 0 Å². The van der Waals surface area contributed by atoms with Crippen LogP contribution in [0.4, 0.5) is 5.69 Å². The maximum Gasteiger partial charge on any atom is 0.0455 e. The van der Waals surface area contributed by atoms with Crippen LogP contribution in [0.25, 0.3) is 10.9 Å². The molecule has 90 valence electrons. The molecule has 1 aromatic heterocycles. The molecule has 1 aromatic carbocycles. The zero-order valence-corrected chi connectivity index (χ0v) is 10.4. The van der Waals surface area contributed by atoms with Crippen molar-refractivity contribution in [2.45, 2.75) is 38.6 Å². The molecule has 0 spiro atoms. The molecule has 1 saturated carbocycles. The highest BCUT2D eigenvalue weighted by atomic mass is 14.9. The van der Waals surface area contributed by atoms with E-state index in [1.165, 1.54) is 42.3 Å². The number of benzene rings is 1. The van der Waals surface area contributed by atoms with E-state index in [0.29, 0.717) is 6.04 Å². The second kappa shape index (κ2) is 4.44. The molecule has 0 aliphatic heterocycles. The van der Waals surface area contributed by atoms with Gasteiger partial charge in [0.1, 0.15) is 0 Å². The van der Waals surface area contributed by atoms with Crippen LogP contribution in [0.1, 0.15) is 32.6 Å². The highest BCUT2D eigenvalue weighted by molar-refractivity contribution is 5.82. The molecule has 2 aromatic rings. The van der Waals surface area contributed by atoms with Gasteiger partial charge in [-0.1, -0.05) is 19.3 Å². The molecule has 1 heterocycles. The summed E-state index contributed by atoms with van der Waals surface area (Å²) in [5.41, 5.74) is 2.45. The van der Waals surface area contributed by atoms with Gasteiger partial charge in [-0.2, -0.15) is 0 Å². The maximum absolute atomic E-state index is 3.61. The van der Waals surface area contributed by atoms with E-state index in [9.17, 15) is 0 Å². The molecule has 3 rings (SSSR count). The Balaban J connectivity index is 1.66. The van der Waals surface area contributed by atoms with Gasteiger partial charge in [0.05, 0.1) is 0 Å². The maximum atomic E-state index is 3.61. The third kappa shape index (κ3) is 2.31. The molecule has 2 nitrogen and oxygen atoms in total. The van der Waals surface area contributed by atoms with Crippen LogP contribution >= 0.6 is 0 Å². The number of rotatable bonds is 4. The van der Waals surface area contributed by atoms with Crippen molar-refractivity contribution in [3.8, 4) is 0 Å². The molecule has 1 fully saturated rings. The summed E-state index contributed by atoms with van der Waals surface area (Å²) in [6, 6.07) is 9.24. The van der Waals surface area contributed by atoms with Crippen molar-refractivity contribution in [1.82, 2.24) is 4.98 Å². The van der Waals surface area contributed by atoms with Crippen molar-refractivity contribution >= 4 is 16.6 Å². The molecule has 2 N–H and O–H groups in total. The molecule has 17 heavy (non-hydrogen) atoms. The fraction of sp³-hybridized carbons (Fsp3) is 0.467. The Hall–Kier alpha value is -1.44. The lowest BCUT2D eigenvalue weighted by Gasteiger charge is -2.28. The first kappa shape index (κ1) is 10.7. The van der Waals surface area contributed by atoms with Crippen LogP contribution in [0.3, 0.4) is 0 Å². The van der Waals surface area contributed by atoms with E-state index in [0.717, 1.165) is 5.92 Å². The lowest BCUT2D eigenvalue weighted by Crippen LogP contribution is -2.23. The standard InChI is InChI=1S/C15H20N2/c1-11(9-12-3-2-4-12)17-14-5-6-15-13(10-14)7-8-16-15/h5-8,10-12,16-17H,2-4,9H2,1H3. The fourth-order valence-corrected chi connectivity index (χ4v) is 2.72. The van der Waals surface area contributed by atoms with Crippen LogP contribution < -0.4 is 5.32 Å². The Kier molecular flexibility index (Phi) is 2.79. The van der Waals surface area contributed by atoms with Gasteiger partial charge in [-0.15, -0.1) is 0 Å². The molecule has 0 bridgehead atoms. The number of anilines is 1. The summed E-state index contributed by atoms with van der Waals surface area (Å²) in [5.74, 6) is 0.966. The van der Waals surface area contributed by atoms with E-state index < -0.39 is 0 Å². The topological polar surface area (TPSA) is 27.8 Å². The molecule has 1 atom stereocenters. The summed E-state index contributed by atoms with van der Waals surface area (Å²) in [5, 5.41) is 4.89. The van der Waals surface area contributed by atoms with E-state index in [1.807, 2.05) is 6.20 Å². The van der Waals surface area contributed by atoms with Crippen molar-refractivity contribution in [2.24, 2.45) is 5.92 Å². The molecule has 0 radical (unpaired) electrons. The second-order valence-electron chi connectivity index (χ2n) is 5.36. The fourth-order valence-electron chi connectivity index (χ4n) is 2.72. The van der Waals surface area contributed by atoms with E-state index in [4.69, 9.17) is 0 Å². The SMILES string of the molecule is CC(CC1CCC1)Nc1ccc2[nH]ccc2c1. The molecule has 2 heteroatoms. The number of hydrogen-bond donors (Lipinski definition) is 2.